The Morgan fingerprint density at radius 2 is 2.22 bits per heavy atom. The summed E-state index contributed by atoms with van der Waals surface area (Å²) < 4.78 is 11.1. The number of aliphatic hydroxyl groups is 1. The highest BCUT2D eigenvalue weighted by molar-refractivity contribution is 5.33. The zero-order chi connectivity index (χ0) is 13.0. The summed E-state index contributed by atoms with van der Waals surface area (Å²) in [6.45, 7) is 0.154. The molecule has 2 N–H and O–H groups in total. The predicted octanol–water partition coefficient (Wildman–Crippen LogP) is 1.58. The van der Waals surface area contributed by atoms with Crippen LogP contribution < -0.4 is 14.8 Å². The standard InChI is InChI=1S/C14H21NO3/c1-15-14(10-16)7-6-13(9-14)18-12-5-3-4-11(8-12)17-2/h3-5,8,13,15-16H,6-7,9-10H2,1-2H3. The lowest BCUT2D eigenvalue weighted by atomic mass is 9.99. The van der Waals surface area contributed by atoms with Crippen molar-refractivity contribution >= 4 is 0 Å². The van der Waals surface area contributed by atoms with Gasteiger partial charge in [-0.25, -0.2) is 0 Å². The molecule has 0 radical (unpaired) electrons. The van der Waals surface area contributed by atoms with Crippen molar-refractivity contribution in [3.8, 4) is 11.5 Å². The molecule has 18 heavy (non-hydrogen) atoms. The van der Waals surface area contributed by atoms with Gasteiger partial charge in [-0.05, 0) is 32.0 Å². The summed E-state index contributed by atoms with van der Waals surface area (Å²) in [5, 5.41) is 12.7. The average molecular weight is 251 g/mol. The minimum absolute atomic E-state index is 0.150. The molecular formula is C14H21NO3. The van der Waals surface area contributed by atoms with Crippen LogP contribution in [0.5, 0.6) is 11.5 Å². The summed E-state index contributed by atoms with van der Waals surface area (Å²) in [7, 11) is 3.54. The first-order valence-electron chi connectivity index (χ1n) is 6.32. The predicted molar refractivity (Wildman–Crippen MR) is 70.1 cm³/mol. The molecule has 2 rings (SSSR count). The lowest BCUT2D eigenvalue weighted by Gasteiger charge is -2.26. The summed E-state index contributed by atoms with van der Waals surface area (Å²) in [6.07, 6.45) is 2.88. The minimum Gasteiger partial charge on any atom is -0.497 e. The minimum atomic E-state index is -0.177. The highest BCUT2D eigenvalue weighted by Gasteiger charge is 2.38. The first kappa shape index (κ1) is 13.2. The van der Waals surface area contributed by atoms with Crippen molar-refractivity contribution in [2.24, 2.45) is 0 Å². The molecule has 1 saturated carbocycles. The molecule has 2 unspecified atom stereocenters. The zero-order valence-corrected chi connectivity index (χ0v) is 11.0. The van der Waals surface area contributed by atoms with Crippen LogP contribution in [0.4, 0.5) is 0 Å². The van der Waals surface area contributed by atoms with Crippen LogP contribution in [0, 0.1) is 0 Å². The number of methoxy groups -OCH3 is 1. The molecule has 1 aliphatic carbocycles. The van der Waals surface area contributed by atoms with Gasteiger partial charge in [0.1, 0.15) is 17.6 Å². The average Bonchev–Trinajstić information content (AvgIpc) is 2.83. The monoisotopic (exact) mass is 251 g/mol. The first-order chi connectivity index (χ1) is 8.71. The maximum Gasteiger partial charge on any atom is 0.123 e. The number of hydrogen-bond acceptors (Lipinski definition) is 4. The van der Waals surface area contributed by atoms with Crippen molar-refractivity contribution in [2.75, 3.05) is 20.8 Å². The van der Waals surface area contributed by atoms with Gasteiger partial charge in [0.2, 0.25) is 0 Å². The molecular weight excluding hydrogens is 230 g/mol. The van der Waals surface area contributed by atoms with Crippen LogP contribution in [0.25, 0.3) is 0 Å². The molecule has 4 heteroatoms. The van der Waals surface area contributed by atoms with Crippen molar-refractivity contribution in [1.29, 1.82) is 0 Å². The Labute approximate surface area is 108 Å². The molecule has 1 aliphatic rings. The number of hydrogen-bond donors (Lipinski definition) is 2. The first-order valence-corrected chi connectivity index (χ1v) is 6.32. The van der Waals surface area contributed by atoms with Gasteiger partial charge < -0.3 is 19.9 Å². The van der Waals surface area contributed by atoms with Gasteiger partial charge in [-0.2, -0.15) is 0 Å². The Morgan fingerprint density at radius 1 is 1.44 bits per heavy atom. The molecule has 0 spiro atoms. The molecule has 0 heterocycles. The fourth-order valence-corrected chi connectivity index (χ4v) is 2.49. The van der Waals surface area contributed by atoms with Gasteiger partial charge in [-0.1, -0.05) is 6.07 Å². The van der Waals surface area contributed by atoms with Crippen LogP contribution >= 0.6 is 0 Å². The molecule has 0 saturated heterocycles. The Bertz CT molecular complexity index is 390. The summed E-state index contributed by atoms with van der Waals surface area (Å²) in [5.41, 5.74) is -0.177. The van der Waals surface area contributed by atoms with Crippen molar-refractivity contribution in [2.45, 2.75) is 30.9 Å². The van der Waals surface area contributed by atoms with E-state index >= 15 is 0 Å². The van der Waals surface area contributed by atoms with E-state index in [9.17, 15) is 5.11 Å². The van der Waals surface area contributed by atoms with Gasteiger partial charge in [-0.3, -0.25) is 0 Å². The summed E-state index contributed by atoms with van der Waals surface area (Å²) in [5.74, 6) is 1.62. The third-order valence-corrected chi connectivity index (χ3v) is 3.74. The molecule has 1 aromatic carbocycles. The largest absolute Gasteiger partial charge is 0.497 e. The topological polar surface area (TPSA) is 50.7 Å². The molecule has 0 aromatic heterocycles. The maximum atomic E-state index is 9.44. The highest BCUT2D eigenvalue weighted by Crippen LogP contribution is 2.32. The van der Waals surface area contributed by atoms with E-state index in [2.05, 4.69) is 5.32 Å². The van der Waals surface area contributed by atoms with Crippen LogP contribution in [0.2, 0.25) is 0 Å². The second-order valence-corrected chi connectivity index (χ2v) is 4.85. The van der Waals surface area contributed by atoms with Gasteiger partial charge in [0.05, 0.1) is 13.7 Å². The number of likely N-dealkylation sites (N-methyl/N-ethyl adjacent to an activating group) is 1. The Morgan fingerprint density at radius 3 is 2.83 bits per heavy atom. The van der Waals surface area contributed by atoms with Crippen molar-refractivity contribution in [1.82, 2.24) is 5.32 Å². The fraction of sp³-hybridized carbons (Fsp3) is 0.571. The molecule has 100 valence electrons. The number of benzene rings is 1. The third kappa shape index (κ3) is 2.76. The number of aliphatic hydroxyl groups excluding tert-OH is 1. The lowest BCUT2D eigenvalue weighted by molar-refractivity contribution is 0.146. The van der Waals surface area contributed by atoms with E-state index in [0.717, 1.165) is 30.8 Å². The third-order valence-electron chi connectivity index (χ3n) is 3.74. The maximum absolute atomic E-state index is 9.44. The van der Waals surface area contributed by atoms with Gasteiger partial charge in [0.15, 0.2) is 0 Å². The van der Waals surface area contributed by atoms with Gasteiger partial charge in [0.25, 0.3) is 0 Å². The summed E-state index contributed by atoms with van der Waals surface area (Å²) >= 11 is 0. The van der Waals surface area contributed by atoms with E-state index in [4.69, 9.17) is 9.47 Å². The van der Waals surface area contributed by atoms with Crippen molar-refractivity contribution in [3.63, 3.8) is 0 Å². The SMILES string of the molecule is CNC1(CO)CCC(Oc2cccc(OC)c2)C1. The second kappa shape index (κ2) is 5.59. The van der Waals surface area contributed by atoms with E-state index in [1.807, 2.05) is 31.3 Å². The highest BCUT2D eigenvalue weighted by atomic mass is 16.5. The van der Waals surface area contributed by atoms with Crippen LogP contribution in [0.1, 0.15) is 19.3 Å². The Kier molecular flexibility index (Phi) is 4.09. The van der Waals surface area contributed by atoms with Crippen LogP contribution in [-0.2, 0) is 0 Å². The van der Waals surface area contributed by atoms with E-state index in [-0.39, 0.29) is 18.2 Å². The molecule has 0 aliphatic heterocycles. The molecule has 1 fully saturated rings. The van der Waals surface area contributed by atoms with Gasteiger partial charge >= 0.3 is 0 Å². The normalized spacial score (nSPS) is 27.2. The van der Waals surface area contributed by atoms with Crippen LogP contribution in [0.15, 0.2) is 24.3 Å². The molecule has 4 nitrogen and oxygen atoms in total. The lowest BCUT2D eigenvalue weighted by Crippen LogP contribution is -2.44. The van der Waals surface area contributed by atoms with Gasteiger partial charge in [0, 0.05) is 18.0 Å². The Balaban J connectivity index is 1.98. The molecule has 2 atom stereocenters. The second-order valence-electron chi connectivity index (χ2n) is 4.85. The van der Waals surface area contributed by atoms with E-state index in [1.54, 1.807) is 7.11 Å². The number of rotatable bonds is 5. The molecule has 1 aromatic rings. The van der Waals surface area contributed by atoms with Crippen LogP contribution in [0.3, 0.4) is 0 Å². The summed E-state index contributed by atoms with van der Waals surface area (Å²) in [4.78, 5) is 0. The zero-order valence-electron chi connectivity index (χ0n) is 11.0. The quantitative estimate of drug-likeness (QED) is 0.834. The molecule has 0 amide bonds. The summed E-state index contributed by atoms with van der Waals surface area (Å²) in [6, 6.07) is 7.63. The van der Waals surface area contributed by atoms with E-state index in [0.29, 0.717) is 0 Å². The van der Waals surface area contributed by atoms with Crippen molar-refractivity contribution in [3.05, 3.63) is 24.3 Å². The molecule has 0 bridgehead atoms. The van der Waals surface area contributed by atoms with E-state index in [1.165, 1.54) is 0 Å². The number of ether oxygens (including phenoxy) is 2. The van der Waals surface area contributed by atoms with Gasteiger partial charge in [-0.15, -0.1) is 0 Å². The van der Waals surface area contributed by atoms with Crippen molar-refractivity contribution < 1.29 is 14.6 Å². The van der Waals surface area contributed by atoms with E-state index < -0.39 is 0 Å². The van der Waals surface area contributed by atoms with Crippen LogP contribution in [-0.4, -0.2) is 37.5 Å². The number of nitrogens with one attached hydrogen (secondary N) is 1. The smallest absolute Gasteiger partial charge is 0.123 e. The fourth-order valence-electron chi connectivity index (χ4n) is 2.49. The Hall–Kier alpha value is -1.26.